The van der Waals surface area contributed by atoms with Gasteiger partial charge in [0.15, 0.2) is 0 Å². The quantitative estimate of drug-likeness (QED) is 0.663. The molecule has 0 amide bonds. The molecule has 0 saturated carbocycles. The molecule has 0 aromatic rings. The molecule has 0 spiro atoms. The summed E-state index contributed by atoms with van der Waals surface area (Å²) in [6.45, 7) is 3.44. The van der Waals surface area contributed by atoms with Crippen molar-refractivity contribution in [2.75, 3.05) is 38.5 Å². The van der Waals surface area contributed by atoms with Gasteiger partial charge in [-0.15, -0.1) is 0 Å². The van der Waals surface area contributed by atoms with Crippen LogP contribution in [0.4, 0.5) is 0 Å². The van der Waals surface area contributed by atoms with E-state index in [1.54, 1.807) is 0 Å². The molecule has 2 aliphatic heterocycles. The van der Waals surface area contributed by atoms with Crippen LogP contribution in [0.5, 0.6) is 0 Å². The maximum Gasteiger partial charge on any atom is 0.216 e. The number of sulfonamides is 1. The van der Waals surface area contributed by atoms with Crippen LogP contribution in [0.2, 0.25) is 0 Å². The van der Waals surface area contributed by atoms with Crippen molar-refractivity contribution in [3.63, 3.8) is 0 Å². The van der Waals surface area contributed by atoms with Crippen LogP contribution in [0.25, 0.3) is 0 Å². The lowest BCUT2D eigenvalue weighted by atomic mass is 10.3. The number of hydrogen-bond donors (Lipinski definition) is 1. The van der Waals surface area contributed by atoms with Gasteiger partial charge in [-0.2, -0.15) is 0 Å². The SMILES string of the molecule is O=S(=O)(CC1CNCCO1)N1CCC1. The summed E-state index contributed by atoms with van der Waals surface area (Å²) >= 11 is 0. The first-order valence-corrected chi connectivity index (χ1v) is 6.59. The molecule has 82 valence electrons. The molecule has 2 rings (SSSR count). The standard InChI is InChI=1S/C8H16N2O3S/c11-14(12,10-3-1-4-10)7-8-6-9-2-5-13-8/h8-9H,1-7H2. The fourth-order valence-electron chi connectivity index (χ4n) is 1.63. The molecule has 0 aromatic heterocycles. The van der Waals surface area contributed by atoms with Gasteiger partial charge in [0.25, 0.3) is 0 Å². The molecular formula is C8H16N2O3S. The van der Waals surface area contributed by atoms with Crippen molar-refractivity contribution in [1.82, 2.24) is 9.62 Å². The summed E-state index contributed by atoms with van der Waals surface area (Å²) in [6.07, 6.45) is 0.817. The molecule has 0 radical (unpaired) electrons. The van der Waals surface area contributed by atoms with E-state index < -0.39 is 10.0 Å². The Balaban J connectivity index is 1.88. The van der Waals surface area contributed by atoms with E-state index in [-0.39, 0.29) is 11.9 Å². The number of ether oxygens (including phenoxy) is 1. The van der Waals surface area contributed by atoms with E-state index in [1.807, 2.05) is 0 Å². The molecule has 2 aliphatic rings. The minimum absolute atomic E-state index is 0.125. The topological polar surface area (TPSA) is 58.6 Å². The Morgan fingerprint density at radius 3 is 2.71 bits per heavy atom. The number of hydrogen-bond acceptors (Lipinski definition) is 4. The van der Waals surface area contributed by atoms with Gasteiger partial charge in [-0.25, -0.2) is 12.7 Å². The van der Waals surface area contributed by atoms with Crippen LogP contribution in [-0.2, 0) is 14.8 Å². The highest BCUT2D eigenvalue weighted by molar-refractivity contribution is 7.89. The van der Waals surface area contributed by atoms with Crippen LogP contribution in [0, 0.1) is 0 Å². The summed E-state index contributed by atoms with van der Waals surface area (Å²) < 4.78 is 30.3. The van der Waals surface area contributed by atoms with Gasteiger partial charge in [-0.1, -0.05) is 0 Å². The Labute approximate surface area is 84.5 Å². The lowest BCUT2D eigenvalue weighted by Crippen LogP contribution is -2.49. The summed E-state index contributed by atoms with van der Waals surface area (Å²) in [4.78, 5) is 0. The number of nitrogens with zero attached hydrogens (tertiary/aromatic N) is 1. The molecule has 2 fully saturated rings. The Kier molecular flexibility index (Phi) is 3.06. The molecule has 0 aromatic carbocycles. The van der Waals surface area contributed by atoms with Crippen LogP contribution in [0.15, 0.2) is 0 Å². The van der Waals surface area contributed by atoms with Crippen LogP contribution in [0.3, 0.4) is 0 Å². The minimum atomic E-state index is -3.05. The predicted molar refractivity (Wildman–Crippen MR) is 52.6 cm³/mol. The summed E-state index contributed by atoms with van der Waals surface area (Å²) in [5, 5.41) is 3.12. The lowest BCUT2D eigenvalue weighted by molar-refractivity contribution is 0.0420. The lowest BCUT2D eigenvalue weighted by Gasteiger charge is -2.32. The van der Waals surface area contributed by atoms with Crippen molar-refractivity contribution in [2.24, 2.45) is 0 Å². The molecule has 2 heterocycles. The van der Waals surface area contributed by atoms with Crippen molar-refractivity contribution in [3.05, 3.63) is 0 Å². The third-order valence-corrected chi connectivity index (χ3v) is 4.55. The molecule has 2 saturated heterocycles. The zero-order valence-electron chi connectivity index (χ0n) is 8.11. The molecular weight excluding hydrogens is 204 g/mol. The molecule has 0 bridgehead atoms. The van der Waals surface area contributed by atoms with Gasteiger partial charge < -0.3 is 10.1 Å². The molecule has 5 nitrogen and oxygen atoms in total. The zero-order valence-corrected chi connectivity index (χ0v) is 8.92. The average molecular weight is 220 g/mol. The molecule has 1 N–H and O–H groups in total. The minimum Gasteiger partial charge on any atom is -0.374 e. The van der Waals surface area contributed by atoms with Crippen molar-refractivity contribution in [3.8, 4) is 0 Å². The molecule has 1 atom stereocenters. The van der Waals surface area contributed by atoms with Crippen LogP contribution < -0.4 is 5.32 Å². The van der Waals surface area contributed by atoms with E-state index in [0.717, 1.165) is 13.0 Å². The Hall–Kier alpha value is -0.170. The number of morpholine rings is 1. The second-order valence-electron chi connectivity index (χ2n) is 3.73. The van der Waals surface area contributed by atoms with Crippen molar-refractivity contribution in [1.29, 1.82) is 0 Å². The monoisotopic (exact) mass is 220 g/mol. The Morgan fingerprint density at radius 2 is 2.21 bits per heavy atom. The summed E-state index contributed by atoms with van der Waals surface area (Å²) in [7, 11) is -3.05. The van der Waals surface area contributed by atoms with Gasteiger partial charge in [-0.3, -0.25) is 0 Å². The molecule has 14 heavy (non-hydrogen) atoms. The Morgan fingerprint density at radius 1 is 1.43 bits per heavy atom. The van der Waals surface area contributed by atoms with Gasteiger partial charge in [-0.05, 0) is 6.42 Å². The zero-order chi connectivity index (χ0) is 10.0. The number of nitrogens with one attached hydrogen (secondary N) is 1. The number of rotatable bonds is 3. The first-order chi connectivity index (χ1) is 6.68. The predicted octanol–water partition coefficient (Wildman–Crippen LogP) is -0.990. The molecule has 1 unspecified atom stereocenters. The fourth-order valence-corrected chi connectivity index (χ4v) is 3.34. The third-order valence-electron chi connectivity index (χ3n) is 2.61. The second-order valence-corrected chi connectivity index (χ2v) is 5.74. The summed E-state index contributed by atoms with van der Waals surface area (Å²) in [5.74, 6) is 0.125. The van der Waals surface area contributed by atoms with E-state index in [9.17, 15) is 8.42 Å². The molecule has 6 heteroatoms. The van der Waals surface area contributed by atoms with Gasteiger partial charge in [0.1, 0.15) is 0 Å². The third kappa shape index (κ3) is 2.25. The highest BCUT2D eigenvalue weighted by Crippen LogP contribution is 2.14. The second kappa shape index (κ2) is 4.14. The van der Waals surface area contributed by atoms with Crippen LogP contribution in [0.1, 0.15) is 6.42 Å². The first-order valence-electron chi connectivity index (χ1n) is 4.99. The van der Waals surface area contributed by atoms with Gasteiger partial charge in [0, 0.05) is 26.2 Å². The van der Waals surface area contributed by atoms with Crippen LogP contribution >= 0.6 is 0 Å². The first kappa shape index (κ1) is 10.4. The highest BCUT2D eigenvalue weighted by Gasteiger charge is 2.31. The van der Waals surface area contributed by atoms with Gasteiger partial charge >= 0.3 is 0 Å². The highest BCUT2D eigenvalue weighted by atomic mass is 32.2. The molecule has 0 aliphatic carbocycles. The van der Waals surface area contributed by atoms with Crippen molar-refractivity contribution >= 4 is 10.0 Å². The normalized spacial score (nSPS) is 29.9. The van der Waals surface area contributed by atoms with E-state index in [2.05, 4.69) is 5.32 Å². The van der Waals surface area contributed by atoms with E-state index in [4.69, 9.17) is 4.74 Å². The largest absolute Gasteiger partial charge is 0.374 e. The summed E-state index contributed by atoms with van der Waals surface area (Å²) in [6, 6.07) is 0. The maximum atomic E-state index is 11.7. The summed E-state index contributed by atoms with van der Waals surface area (Å²) in [5.41, 5.74) is 0. The van der Waals surface area contributed by atoms with E-state index in [1.165, 1.54) is 4.31 Å². The van der Waals surface area contributed by atoms with Crippen molar-refractivity contribution in [2.45, 2.75) is 12.5 Å². The average Bonchev–Trinajstić information content (AvgIpc) is 2.00. The van der Waals surface area contributed by atoms with Crippen LogP contribution in [-0.4, -0.2) is 57.4 Å². The van der Waals surface area contributed by atoms with E-state index in [0.29, 0.717) is 26.2 Å². The van der Waals surface area contributed by atoms with Gasteiger partial charge in [0.2, 0.25) is 10.0 Å². The Bertz CT molecular complexity index is 281. The van der Waals surface area contributed by atoms with E-state index >= 15 is 0 Å². The van der Waals surface area contributed by atoms with Crippen molar-refractivity contribution < 1.29 is 13.2 Å². The fraction of sp³-hybridized carbons (Fsp3) is 1.00. The smallest absolute Gasteiger partial charge is 0.216 e. The van der Waals surface area contributed by atoms with Gasteiger partial charge in [0.05, 0.1) is 18.5 Å². The maximum absolute atomic E-state index is 11.7.